The number of alkyl halides is 6. The molecule has 1 fully saturated rings. The zero-order chi connectivity index (χ0) is 14.9. The fraction of sp³-hybridized carbons (Fsp3) is 1.00. The number of rotatable bonds is 4. The Bertz CT molecular complexity index is 285. The molecule has 1 saturated heterocycles. The molecule has 19 heavy (non-hydrogen) atoms. The molecule has 0 aliphatic carbocycles. The SMILES string of the molecule is CCCC[C@H]1OC(C(F)(F)F)(C(F)(F)F)O[C@@H]1CC. The molecule has 0 aromatic rings. The van der Waals surface area contributed by atoms with E-state index in [0.29, 0.717) is 12.8 Å². The second-order valence-corrected chi connectivity index (χ2v) is 4.48. The number of hydrogen-bond acceptors (Lipinski definition) is 2. The van der Waals surface area contributed by atoms with Crippen molar-refractivity contribution in [1.29, 1.82) is 0 Å². The van der Waals surface area contributed by atoms with E-state index in [0.717, 1.165) is 0 Å². The van der Waals surface area contributed by atoms with Crippen molar-refractivity contribution in [2.75, 3.05) is 0 Å². The lowest BCUT2D eigenvalue weighted by molar-refractivity contribution is -0.446. The topological polar surface area (TPSA) is 18.5 Å². The maximum absolute atomic E-state index is 12.7. The highest BCUT2D eigenvalue weighted by Gasteiger charge is 2.78. The van der Waals surface area contributed by atoms with Crippen LogP contribution >= 0.6 is 0 Å². The quantitative estimate of drug-likeness (QED) is 0.724. The molecule has 1 aliphatic rings. The second-order valence-electron chi connectivity index (χ2n) is 4.48. The van der Waals surface area contributed by atoms with Gasteiger partial charge in [0.2, 0.25) is 0 Å². The first-order valence-corrected chi connectivity index (χ1v) is 6.08. The molecule has 0 spiro atoms. The lowest BCUT2D eigenvalue weighted by Crippen LogP contribution is -2.58. The molecule has 0 amide bonds. The van der Waals surface area contributed by atoms with E-state index < -0.39 is 30.3 Å². The number of halogens is 6. The van der Waals surface area contributed by atoms with E-state index in [2.05, 4.69) is 9.47 Å². The van der Waals surface area contributed by atoms with Crippen LogP contribution < -0.4 is 0 Å². The first-order chi connectivity index (χ1) is 8.59. The van der Waals surface area contributed by atoms with Gasteiger partial charge in [0.25, 0.3) is 0 Å². The Hall–Kier alpha value is -0.500. The monoisotopic (exact) mass is 294 g/mol. The van der Waals surface area contributed by atoms with Gasteiger partial charge in [-0.15, -0.1) is 0 Å². The number of unbranched alkanes of at least 4 members (excludes halogenated alkanes) is 1. The fourth-order valence-electron chi connectivity index (χ4n) is 2.03. The van der Waals surface area contributed by atoms with Gasteiger partial charge in [-0.25, -0.2) is 0 Å². The van der Waals surface area contributed by atoms with Gasteiger partial charge in [-0.2, -0.15) is 26.3 Å². The molecule has 2 atom stereocenters. The van der Waals surface area contributed by atoms with Gasteiger partial charge in [-0.05, 0) is 12.8 Å². The average Bonchev–Trinajstić information content (AvgIpc) is 2.65. The van der Waals surface area contributed by atoms with Gasteiger partial charge in [0.15, 0.2) is 0 Å². The van der Waals surface area contributed by atoms with Gasteiger partial charge in [0, 0.05) is 0 Å². The second kappa shape index (κ2) is 5.47. The third kappa shape index (κ3) is 2.99. The summed E-state index contributed by atoms with van der Waals surface area (Å²) in [4.78, 5) is 0. The highest BCUT2D eigenvalue weighted by atomic mass is 19.4. The first-order valence-electron chi connectivity index (χ1n) is 6.08. The van der Waals surface area contributed by atoms with Crippen LogP contribution in [-0.4, -0.2) is 30.3 Å². The summed E-state index contributed by atoms with van der Waals surface area (Å²) in [6.07, 6.45) is -12.4. The van der Waals surface area contributed by atoms with Crippen LogP contribution in [0.4, 0.5) is 26.3 Å². The molecule has 0 bridgehead atoms. The highest BCUT2D eigenvalue weighted by molar-refractivity contribution is 4.95. The summed E-state index contributed by atoms with van der Waals surface area (Å²) in [7, 11) is 0. The predicted molar refractivity (Wildman–Crippen MR) is 54.4 cm³/mol. The van der Waals surface area contributed by atoms with Crippen molar-refractivity contribution in [2.24, 2.45) is 0 Å². The Morgan fingerprint density at radius 2 is 1.37 bits per heavy atom. The summed E-state index contributed by atoms with van der Waals surface area (Å²) in [5.41, 5.74) is 0. The van der Waals surface area contributed by atoms with Crippen molar-refractivity contribution in [3.05, 3.63) is 0 Å². The Kier molecular flexibility index (Phi) is 4.77. The Labute approximate surface area is 107 Å². The summed E-state index contributed by atoms with van der Waals surface area (Å²) >= 11 is 0. The minimum Gasteiger partial charge on any atom is -0.329 e. The van der Waals surface area contributed by atoms with Crippen molar-refractivity contribution < 1.29 is 35.8 Å². The summed E-state index contributed by atoms with van der Waals surface area (Å²) < 4.78 is 85.1. The van der Waals surface area contributed by atoms with E-state index in [1.165, 1.54) is 6.92 Å². The molecule has 0 aromatic carbocycles. The summed E-state index contributed by atoms with van der Waals surface area (Å²) in [5.74, 6) is -4.49. The lowest BCUT2D eigenvalue weighted by atomic mass is 10.1. The van der Waals surface area contributed by atoms with Gasteiger partial charge in [0.05, 0.1) is 12.2 Å². The van der Waals surface area contributed by atoms with Crippen LogP contribution in [0.1, 0.15) is 39.5 Å². The molecule has 8 heteroatoms. The van der Waals surface area contributed by atoms with Crippen LogP contribution in [0.15, 0.2) is 0 Å². The molecule has 0 radical (unpaired) electrons. The van der Waals surface area contributed by atoms with Crippen molar-refractivity contribution in [1.82, 2.24) is 0 Å². The van der Waals surface area contributed by atoms with Crippen LogP contribution in [0.5, 0.6) is 0 Å². The van der Waals surface area contributed by atoms with E-state index in [1.807, 2.05) is 0 Å². The van der Waals surface area contributed by atoms with Gasteiger partial charge in [0.1, 0.15) is 0 Å². The largest absolute Gasteiger partial charge is 0.453 e. The van der Waals surface area contributed by atoms with Crippen LogP contribution in [0.25, 0.3) is 0 Å². The van der Waals surface area contributed by atoms with Gasteiger partial charge >= 0.3 is 18.1 Å². The van der Waals surface area contributed by atoms with Gasteiger partial charge < -0.3 is 9.47 Å². The Morgan fingerprint density at radius 1 is 0.895 bits per heavy atom. The minimum absolute atomic E-state index is 0.0301. The molecular weight excluding hydrogens is 278 g/mol. The molecule has 0 saturated carbocycles. The molecule has 1 aliphatic heterocycles. The summed E-state index contributed by atoms with van der Waals surface area (Å²) in [6.45, 7) is 3.26. The fourth-order valence-corrected chi connectivity index (χ4v) is 2.03. The van der Waals surface area contributed by atoms with E-state index in [-0.39, 0.29) is 12.8 Å². The molecule has 0 aromatic heterocycles. The van der Waals surface area contributed by atoms with E-state index in [1.54, 1.807) is 6.92 Å². The normalized spacial score (nSPS) is 27.8. The first kappa shape index (κ1) is 16.6. The molecule has 0 N–H and O–H groups in total. The number of hydrogen-bond donors (Lipinski definition) is 0. The molecule has 2 nitrogen and oxygen atoms in total. The van der Waals surface area contributed by atoms with E-state index in [9.17, 15) is 26.3 Å². The minimum atomic E-state index is -5.65. The number of ether oxygens (including phenoxy) is 2. The van der Waals surface area contributed by atoms with Crippen LogP contribution in [0.3, 0.4) is 0 Å². The van der Waals surface area contributed by atoms with E-state index >= 15 is 0 Å². The van der Waals surface area contributed by atoms with Crippen LogP contribution in [0.2, 0.25) is 0 Å². The predicted octanol–water partition coefficient (Wildman–Crippen LogP) is 4.19. The summed E-state index contributed by atoms with van der Waals surface area (Å²) in [5, 5.41) is 0. The maximum Gasteiger partial charge on any atom is 0.453 e. The zero-order valence-corrected chi connectivity index (χ0v) is 10.6. The van der Waals surface area contributed by atoms with Crippen LogP contribution in [0, 0.1) is 0 Å². The van der Waals surface area contributed by atoms with Crippen molar-refractivity contribution in [3.63, 3.8) is 0 Å². The highest BCUT2D eigenvalue weighted by Crippen LogP contribution is 2.52. The Balaban J connectivity index is 3.03. The standard InChI is InChI=1S/C11H16F6O2/c1-3-5-6-8-7(4-2)18-9(19-8,10(12,13)14)11(15,16)17/h7-8H,3-6H2,1-2H3/t7-,8-/m1/s1. The molecule has 1 heterocycles. The average molecular weight is 294 g/mol. The van der Waals surface area contributed by atoms with Crippen molar-refractivity contribution in [3.8, 4) is 0 Å². The molecule has 114 valence electrons. The maximum atomic E-state index is 12.7. The lowest BCUT2D eigenvalue weighted by Gasteiger charge is -2.31. The molecular formula is C11H16F6O2. The third-order valence-corrected chi connectivity index (χ3v) is 3.04. The third-order valence-electron chi connectivity index (χ3n) is 3.04. The molecule has 0 unspecified atom stereocenters. The van der Waals surface area contributed by atoms with Crippen molar-refractivity contribution >= 4 is 0 Å². The summed E-state index contributed by atoms with van der Waals surface area (Å²) in [6, 6.07) is 0. The smallest absolute Gasteiger partial charge is 0.329 e. The zero-order valence-electron chi connectivity index (χ0n) is 10.6. The van der Waals surface area contributed by atoms with E-state index in [4.69, 9.17) is 0 Å². The van der Waals surface area contributed by atoms with Gasteiger partial charge in [-0.3, -0.25) is 0 Å². The van der Waals surface area contributed by atoms with Crippen molar-refractivity contribution in [2.45, 2.75) is 69.9 Å². The Morgan fingerprint density at radius 3 is 1.74 bits per heavy atom. The molecule has 1 rings (SSSR count). The van der Waals surface area contributed by atoms with Gasteiger partial charge in [-0.1, -0.05) is 26.7 Å². The van der Waals surface area contributed by atoms with Crippen LogP contribution in [-0.2, 0) is 9.47 Å².